The zero-order valence-electron chi connectivity index (χ0n) is 18.2. The number of fused-ring (bicyclic) bond motifs is 3. The summed E-state index contributed by atoms with van der Waals surface area (Å²) < 4.78 is 28.9. The highest BCUT2D eigenvalue weighted by molar-refractivity contribution is 5.93. The first-order valence-electron chi connectivity index (χ1n) is 11.0. The first-order chi connectivity index (χ1) is 14.8. The Morgan fingerprint density at radius 1 is 1.39 bits per heavy atom. The van der Waals surface area contributed by atoms with E-state index in [1.54, 1.807) is 19.6 Å². The number of hydrogen-bond acceptors (Lipinski definition) is 8. The maximum absolute atomic E-state index is 13.8. The molecule has 8 heteroatoms. The summed E-state index contributed by atoms with van der Waals surface area (Å²) in [6.07, 6.45) is 4.04. The Morgan fingerprint density at radius 3 is 2.77 bits per heavy atom. The van der Waals surface area contributed by atoms with Crippen LogP contribution < -0.4 is 0 Å². The molecule has 0 bridgehead atoms. The number of methoxy groups -OCH3 is 1. The molecule has 1 aromatic heterocycles. The summed E-state index contributed by atoms with van der Waals surface area (Å²) in [5, 5.41) is 11.3. The molecule has 5 rings (SSSR count). The molecule has 4 fully saturated rings. The zero-order valence-corrected chi connectivity index (χ0v) is 18.2. The zero-order chi connectivity index (χ0) is 22.0. The van der Waals surface area contributed by atoms with Crippen LogP contribution in [0.15, 0.2) is 23.0 Å². The van der Waals surface area contributed by atoms with E-state index in [4.69, 9.17) is 23.4 Å². The number of epoxide rings is 1. The number of ketones is 1. The van der Waals surface area contributed by atoms with Gasteiger partial charge in [-0.05, 0) is 31.2 Å². The second-order valence-corrected chi connectivity index (χ2v) is 9.64. The molecule has 3 heterocycles. The van der Waals surface area contributed by atoms with Crippen LogP contribution in [0.5, 0.6) is 0 Å². The molecule has 0 radical (unpaired) electrons. The number of ether oxygens (including phenoxy) is 4. The Hall–Kier alpha value is -1.74. The van der Waals surface area contributed by atoms with Gasteiger partial charge in [0.2, 0.25) is 0 Å². The molecule has 8 nitrogen and oxygen atoms in total. The lowest BCUT2D eigenvalue weighted by Crippen LogP contribution is -2.71. The van der Waals surface area contributed by atoms with Crippen LogP contribution in [0.1, 0.15) is 51.2 Å². The van der Waals surface area contributed by atoms with Crippen molar-refractivity contribution in [3.63, 3.8) is 0 Å². The van der Waals surface area contributed by atoms with E-state index in [9.17, 15) is 14.7 Å². The number of carbonyl (C=O) groups is 2. The lowest BCUT2D eigenvalue weighted by Gasteiger charge is -2.61. The quantitative estimate of drug-likeness (QED) is 0.569. The summed E-state index contributed by atoms with van der Waals surface area (Å²) in [5.41, 5.74) is -1.57. The van der Waals surface area contributed by atoms with Gasteiger partial charge >= 0.3 is 5.97 Å². The van der Waals surface area contributed by atoms with E-state index in [0.717, 1.165) is 18.4 Å². The number of furan rings is 1. The minimum atomic E-state index is -1.23. The van der Waals surface area contributed by atoms with Crippen LogP contribution in [0.25, 0.3) is 0 Å². The van der Waals surface area contributed by atoms with E-state index in [1.807, 2.05) is 13.0 Å². The summed E-state index contributed by atoms with van der Waals surface area (Å²) in [4.78, 5) is 25.6. The maximum atomic E-state index is 13.8. The molecule has 170 valence electrons. The standard InChI is InChI=1S/C23H30O8/c1-13-18(25)19(26)23(12-29-14(2)24)17(5-4-7-21(23)11-30-21)22(13)9-16(31-20(22)27-3)15-6-8-28-10-15/h6,8,10,13,16-18,20,25H,4-5,7,9,11-12H2,1-3H3/t13-,16+,17+,18-,20+,21+,22-,23-/m1/s1. The molecule has 1 N–H and O–H groups in total. The van der Waals surface area contributed by atoms with Crippen molar-refractivity contribution < 1.29 is 38.1 Å². The monoisotopic (exact) mass is 434 g/mol. The van der Waals surface area contributed by atoms with Crippen LogP contribution in [0, 0.1) is 22.7 Å². The van der Waals surface area contributed by atoms with E-state index in [2.05, 4.69) is 0 Å². The van der Waals surface area contributed by atoms with Gasteiger partial charge in [0.05, 0.1) is 25.2 Å². The third kappa shape index (κ3) is 2.68. The molecular weight excluding hydrogens is 404 g/mol. The van der Waals surface area contributed by atoms with Crippen LogP contribution >= 0.6 is 0 Å². The van der Waals surface area contributed by atoms with Gasteiger partial charge in [0.1, 0.15) is 23.7 Å². The second-order valence-electron chi connectivity index (χ2n) is 9.64. The van der Waals surface area contributed by atoms with Crippen molar-refractivity contribution in [2.45, 2.75) is 63.6 Å². The Kier molecular flexibility index (Phi) is 4.86. The summed E-state index contributed by atoms with van der Waals surface area (Å²) in [7, 11) is 1.60. The molecule has 2 saturated carbocycles. The predicted octanol–water partition coefficient (Wildman–Crippen LogP) is 2.40. The maximum Gasteiger partial charge on any atom is 0.302 e. The fourth-order valence-electron chi connectivity index (χ4n) is 6.99. The van der Waals surface area contributed by atoms with Gasteiger partial charge < -0.3 is 28.5 Å². The fraction of sp³-hybridized carbons (Fsp3) is 0.739. The second kappa shape index (κ2) is 7.13. The fourth-order valence-corrected chi connectivity index (χ4v) is 6.99. The van der Waals surface area contributed by atoms with Crippen LogP contribution in [0.3, 0.4) is 0 Å². The van der Waals surface area contributed by atoms with Crippen LogP contribution in [0.4, 0.5) is 0 Å². The molecular formula is C23H30O8. The molecule has 8 atom stereocenters. The molecule has 31 heavy (non-hydrogen) atoms. The number of carbonyl (C=O) groups excluding carboxylic acids is 2. The smallest absolute Gasteiger partial charge is 0.302 e. The number of aliphatic hydroxyl groups excluding tert-OH is 1. The molecule has 0 unspecified atom stereocenters. The average Bonchev–Trinajstić information content (AvgIpc) is 3.18. The topological polar surface area (TPSA) is 108 Å². The SMILES string of the molecule is CO[C@H]1O[C@H](c2ccoc2)C[C@]12[C@H](C)[C@@H](O)C(=O)[C@@]1(COC(C)=O)[C@H]2CCC[C@]12CO2. The number of Topliss-reactive ketones (excluding diaryl/α,β-unsaturated/α-hetero) is 1. The summed E-state index contributed by atoms with van der Waals surface area (Å²) in [5.74, 6) is -1.35. The van der Waals surface area contributed by atoms with Crippen LogP contribution in [-0.4, -0.2) is 55.2 Å². The largest absolute Gasteiger partial charge is 0.472 e. The van der Waals surface area contributed by atoms with Crippen molar-refractivity contribution in [1.29, 1.82) is 0 Å². The minimum absolute atomic E-state index is 0.0931. The van der Waals surface area contributed by atoms with Gasteiger partial charge in [-0.1, -0.05) is 13.3 Å². The van der Waals surface area contributed by atoms with Crippen molar-refractivity contribution in [1.82, 2.24) is 0 Å². The third-order valence-corrected chi connectivity index (χ3v) is 8.55. The highest BCUT2D eigenvalue weighted by Gasteiger charge is 2.79. The van der Waals surface area contributed by atoms with Crippen LogP contribution in [0.2, 0.25) is 0 Å². The summed E-state index contributed by atoms with van der Waals surface area (Å²) in [6.45, 7) is 3.57. The van der Waals surface area contributed by atoms with E-state index in [0.29, 0.717) is 19.4 Å². The molecule has 1 aromatic rings. The van der Waals surface area contributed by atoms with Gasteiger partial charge in [0.15, 0.2) is 12.1 Å². The number of esters is 1. The van der Waals surface area contributed by atoms with E-state index in [1.165, 1.54) is 6.92 Å². The van der Waals surface area contributed by atoms with E-state index < -0.39 is 40.7 Å². The van der Waals surface area contributed by atoms with Gasteiger partial charge in [-0.25, -0.2) is 0 Å². The molecule has 0 amide bonds. The lowest BCUT2D eigenvalue weighted by atomic mass is 9.42. The Balaban J connectivity index is 1.65. The highest BCUT2D eigenvalue weighted by atomic mass is 16.7. The normalized spacial score (nSPS) is 46.3. The van der Waals surface area contributed by atoms with E-state index in [-0.39, 0.29) is 24.4 Å². The first kappa shape index (κ1) is 21.1. The summed E-state index contributed by atoms with van der Waals surface area (Å²) in [6, 6.07) is 1.87. The predicted molar refractivity (Wildman–Crippen MR) is 106 cm³/mol. The van der Waals surface area contributed by atoms with Crippen molar-refractivity contribution in [2.75, 3.05) is 20.3 Å². The van der Waals surface area contributed by atoms with Gasteiger partial charge in [-0.2, -0.15) is 0 Å². The van der Waals surface area contributed by atoms with Crippen molar-refractivity contribution in [3.8, 4) is 0 Å². The number of hydrogen-bond donors (Lipinski definition) is 1. The van der Waals surface area contributed by atoms with Gasteiger partial charge in [0.25, 0.3) is 0 Å². The van der Waals surface area contributed by atoms with Gasteiger partial charge in [-0.15, -0.1) is 0 Å². The molecule has 2 spiro atoms. The average molecular weight is 434 g/mol. The van der Waals surface area contributed by atoms with Crippen LogP contribution in [-0.2, 0) is 28.5 Å². The van der Waals surface area contributed by atoms with E-state index >= 15 is 0 Å². The minimum Gasteiger partial charge on any atom is -0.472 e. The van der Waals surface area contributed by atoms with Crippen molar-refractivity contribution in [2.24, 2.45) is 22.7 Å². The van der Waals surface area contributed by atoms with Crippen molar-refractivity contribution in [3.05, 3.63) is 24.2 Å². The molecule has 4 aliphatic rings. The molecule has 2 saturated heterocycles. The molecule has 2 aliphatic carbocycles. The summed E-state index contributed by atoms with van der Waals surface area (Å²) >= 11 is 0. The lowest BCUT2D eigenvalue weighted by molar-refractivity contribution is -0.246. The first-order valence-corrected chi connectivity index (χ1v) is 11.0. The van der Waals surface area contributed by atoms with Gasteiger partial charge in [0, 0.05) is 30.9 Å². The number of aliphatic hydroxyl groups is 1. The molecule has 2 aliphatic heterocycles. The Morgan fingerprint density at radius 2 is 2.16 bits per heavy atom. The number of rotatable bonds is 4. The van der Waals surface area contributed by atoms with Gasteiger partial charge in [-0.3, -0.25) is 9.59 Å². The Labute approximate surface area is 181 Å². The Bertz CT molecular complexity index is 861. The molecule has 0 aromatic carbocycles. The highest BCUT2D eigenvalue weighted by Crippen LogP contribution is 2.71. The van der Waals surface area contributed by atoms with Crippen molar-refractivity contribution >= 4 is 11.8 Å². The third-order valence-electron chi connectivity index (χ3n) is 8.55.